The van der Waals surface area contributed by atoms with E-state index in [2.05, 4.69) is 20.8 Å². The summed E-state index contributed by atoms with van der Waals surface area (Å²) in [7, 11) is 0. The Morgan fingerprint density at radius 2 is 1.79 bits per heavy atom. The van der Waals surface area contributed by atoms with Gasteiger partial charge in [-0.1, -0.05) is 58.8 Å². The van der Waals surface area contributed by atoms with Gasteiger partial charge in [-0.15, -0.1) is 0 Å². The number of hydrogen-bond donors (Lipinski definition) is 2. The van der Waals surface area contributed by atoms with Crippen molar-refractivity contribution >= 4 is 45.2 Å². The number of thiazole rings is 1. The Hall–Kier alpha value is -3.62. The number of carbonyl (C=O) groups excluding carboxylic acids is 1. The van der Waals surface area contributed by atoms with E-state index in [4.69, 9.17) is 11.6 Å². The lowest BCUT2D eigenvalue weighted by atomic mass is 10.1. The minimum absolute atomic E-state index is 0.145. The molecular weight excluding hydrogens is 466 g/mol. The average Bonchev–Trinajstić information content (AvgIpc) is 3.19. The molecule has 0 radical (unpaired) electrons. The van der Waals surface area contributed by atoms with Gasteiger partial charge in [0.15, 0.2) is 0 Å². The first-order valence-corrected chi connectivity index (χ1v) is 11.0. The third-order valence-electron chi connectivity index (χ3n) is 4.64. The van der Waals surface area contributed by atoms with Crippen molar-refractivity contribution in [2.75, 3.05) is 10.7 Å². The number of benzene rings is 3. The summed E-state index contributed by atoms with van der Waals surface area (Å²) in [6.45, 7) is 1.97. The summed E-state index contributed by atoms with van der Waals surface area (Å²) in [6, 6.07) is 17.3. The lowest BCUT2D eigenvalue weighted by molar-refractivity contribution is 0.102. The van der Waals surface area contributed by atoms with Gasteiger partial charge in [0.25, 0.3) is 5.91 Å². The molecule has 0 aliphatic rings. The smallest absolute Gasteiger partial charge is 0.256 e. The zero-order valence-corrected chi connectivity index (χ0v) is 18.8. The first-order chi connectivity index (χ1) is 15.9. The van der Waals surface area contributed by atoms with E-state index < -0.39 is 17.5 Å². The van der Waals surface area contributed by atoms with E-state index in [1.807, 2.05) is 31.2 Å². The second-order valence-electron chi connectivity index (χ2n) is 7.03. The van der Waals surface area contributed by atoms with Gasteiger partial charge >= 0.3 is 0 Å². The van der Waals surface area contributed by atoms with Crippen molar-refractivity contribution in [3.05, 3.63) is 100 Å². The maximum atomic E-state index is 13.9. The Bertz CT molecular complexity index is 1300. The molecule has 0 aliphatic heterocycles. The van der Waals surface area contributed by atoms with Gasteiger partial charge in [-0.2, -0.15) is 5.10 Å². The van der Waals surface area contributed by atoms with Crippen LogP contribution in [-0.4, -0.2) is 17.1 Å². The molecule has 0 bridgehead atoms. The highest BCUT2D eigenvalue weighted by Crippen LogP contribution is 2.36. The average molecular weight is 483 g/mol. The van der Waals surface area contributed by atoms with E-state index in [1.54, 1.807) is 6.07 Å². The Balaban J connectivity index is 1.62. The Labute approximate surface area is 197 Å². The summed E-state index contributed by atoms with van der Waals surface area (Å²) < 4.78 is 27.1. The van der Waals surface area contributed by atoms with Gasteiger partial charge in [0.1, 0.15) is 22.3 Å². The fraction of sp³-hybridized carbons (Fsp3) is 0.0417. The van der Waals surface area contributed by atoms with Gasteiger partial charge in [-0.3, -0.25) is 10.2 Å². The largest absolute Gasteiger partial charge is 0.312 e. The Kier molecular flexibility index (Phi) is 6.76. The molecule has 166 valence electrons. The van der Waals surface area contributed by atoms with Crippen LogP contribution in [0.3, 0.4) is 0 Å². The standard InChI is InChI=1S/C24H17ClF2N4OS/c1-14-5-7-15(8-6-14)21-23(30-22(32)16-9-11-17(26)12-10-16)33-24(29-21)31-28-13-18-19(25)3-2-4-20(18)27/h2-13H,1H3,(H,29,31)(H,30,32)/b28-13+. The quantitative estimate of drug-likeness (QED) is 0.236. The van der Waals surface area contributed by atoms with E-state index in [0.717, 1.165) is 22.5 Å². The molecule has 0 fully saturated rings. The van der Waals surface area contributed by atoms with Crippen molar-refractivity contribution in [2.24, 2.45) is 5.10 Å². The van der Waals surface area contributed by atoms with E-state index in [-0.39, 0.29) is 10.6 Å². The molecule has 9 heteroatoms. The van der Waals surface area contributed by atoms with E-state index in [0.29, 0.717) is 21.4 Å². The van der Waals surface area contributed by atoms with Crippen LogP contribution in [0.2, 0.25) is 5.02 Å². The zero-order chi connectivity index (χ0) is 23.4. The fourth-order valence-electron chi connectivity index (χ4n) is 2.92. The second-order valence-corrected chi connectivity index (χ2v) is 8.44. The number of carbonyl (C=O) groups is 1. The molecule has 0 saturated carbocycles. The van der Waals surface area contributed by atoms with E-state index >= 15 is 0 Å². The third-order valence-corrected chi connectivity index (χ3v) is 5.84. The Morgan fingerprint density at radius 1 is 1.06 bits per heavy atom. The number of hydrogen-bond acceptors (Lipinski definition) is 5. The van der Waals surface area contributed by atoms with Gasteiger partial charge in [-0.25, -0.2) is 13.8 Å². The van der Waals surface area contributed by atoms with Gasteiger partial charge in [-0.05, 0) is 43.3 Å². The number of nitrogens with one attached hydrogen (secondary N) is 2. The first-order valence-electron chi connectivity index (χ1n) is 9.78. The second kappa shape index (κ2) is 9.89. The first kappa shape index (κ1) is 22.6. The predicted molar refractivity (Wildman–Crippen MR) is 129 cm³/mol. The molecule has 4 aromatic rings. The van der Waals surface area contributed by atoms with Crippen LogP contribution in [0.1, 0.15) is 21.5 Å². The highest BCUT2D eigenvalue weighted by Gasteiger charge is 2.17. The van der Waals surface area contributed by atoms with Crippen LogP contribution >= 0.6 is 22.9 Å². The lowest BCUT2D eigenvalue weighted by Gasteiger charge is -2.06. The molecule has 5 nitrogen and oxygen atoms in total. The van der Waals surface area contributed by atoms with Gasteiger partial charge < -0.3 is 5.32 Å². The van der Waals surface area contributed by atoms with Crippen LogP contribution < -0.4 is 10.7 Å². The maximum absolute atomic E-state index is 13.9. The number of rotatable bonds is 6. The van der Waals surface area contributed by atoms with Crippen LogP contribution in [0.5, 0.6) is 0 Å². The summed E-state index contributed by atoms with van der Waals surface area (Å²) >= 11 is 7.18. The van der Waals surface area contributed by atoms with Gasteiger partial charge in [0.2, 0.25) is 5.13 Å². The topological polar surface area (TPSA) is 66.4 Å². The van der Waals surface area contributed by atoms with Crippen LogP contribution in [0.15, 0.2) is 71.8 Å². The number of halogens is 3. The summed E-state index contributed by atoms with van der Waals surface area (Å²) in [5.74, 6) is -1.33. The molecule has 3 aromatic carbocycles. The summed E-state index contributed by atoms with van der Waals surface area (Å²) in [5, 5.41) is 7.95. The number of hydrazone groups is 1. The molecule has 1 heterocycles. The summed E-state index contributed by atoms with van der Waals surface area (Å²) in [5.41, 5.74) is 5.62. The summed E-state index contributed by atoms with van der Waals surface area (Å²) in [4.78, 5) is 17.2. The maximum Gasteiger partial charge on any atom is 0.256 e. The number of anilines is 2. The number of amides is 1. The van der Waals surface area contributed by atoms with Crippen molar-refractivity contribution < 1.29 is 13.6 Å². The molecular formula is C24H17ClF2N4OS. The van der Waals surface area contributed by atoms with Crippen molar-refractivity contribution in [2.45, 2.75) is 6.92 Å². The lowest BCUT2D eigenvalue weighted by Crippen LogP contribution is -2.11. The highest BCUT2D eigenvalue weighted by atomic mass is 35.5. The monoisotopic (exact) mass is 482 g/mol. The highest BCUT2D eigenvalue weighted by molar-refractivity contribution is 7.20. The zero-order valence-electron chi connectivity index (χ0n) is 17.3. The molecule has 0 unspecified atom stereocenters. The predicted octanol–water partition coefficient (Wildman–Crippen LogP) is 6.75. The molecule has 0 spiro atoms. The molecule has 33 heavy (non-hydrogen) atoms. The van der Waals surface area contributed by atoms with Crippen LogP contribution in [-0.2, 0) is 0 Å². The molecule has 4 rings (SSSR count). The van der Waals surface area contributed by atoms with E-state index in [9.17, 15) is 13.6 Å². The molecule has 1 amide bonds. The molecule has 0 aliphatic carbocycles. The normalized spacial score (nSPS) is 11.0. The van der Waals surface area contributed by atoms with E-state index in [1.165, 1.54) is 42.6 Å². The van der Waals surface area contributed by atoms with Crippen LogP contribution in [0.25, 0.3) is 11.3 Å². The minimum atomic E-state index is -0.500. The van der Waals surface area contributed by atoms with Gasteiger partial charge in [0, 0.05) is 16.7 Å². The summed E-state index contributed by atoms with van der Waals surface area (Å²) in [6.07, 6.45) is 1.27. The van der Waals surface area contributed by atoms with Crippen molar-refractivity contribution in [3.8, 4) is 11.3 Å². The van der Waals surface area contributed by atoms with Crippen molar-refractivity contribution in [1.82, 2.24) is 4.98 Å². The molecule has 0 atom stereocenters. The number of nitrogens with zero attached hydrogens (tertiary/aromatic N) is 2. The van der Waals surface area contributed by atoms with Gasteiger partial charge in [0.05, 0.1) is 11.2 Å². The Morgan fingerprint density at radius 3 is 2.48 bits per heavy atom. The third kappa shape index (κ3) is 5.42. The van der Waals surface area contributed by atoms with Crippen LogP contribution in [0, 0.1) is 18.6 Å². The SMILES string of the molecule is Cc1ccc(-c2nc(N/N=C/c3c(F)cccc3Cl)sc2NC(=O)c2ccc(F)cc2)cc1. The molecule has 1 aromatic heterocycles. The van der Waals surface area contributed by atoms with Crippen molar-refractivity contribution in [1.29, 1.82) is 0 Å². The minimum Gasteiger partial charge on any atom is -0.312 e. The van der Waals surface area contributed by atoms with Crippen molar-refractivity contribution in [3.63, 3.8) is 0 Å². The number of aromatic nitrogens is 1. The molecule has 0 saturated heterocycles. The fourth-order valence-corrected chi connectivity index (χ4v) is 3.97. The molecule has 2 N–H and O–H groups in total. The number of aryl methyl sites for hydroxylation is 1. The van der Waals surface area contributed by atoms with Crippen LogP contribution in [0.4, 0.5) is 18.9 Å².